The van der Waals surface area contributed by atoms with Gasteiger partial charge in [-0.3, -0.25) is 4.72 Å². The van der Waals surface area contributed by atoms with E-state index >= 15 is 0 Å². The zero-order valence-electron chi connectivity index (χ0n) is 20.7. The highest BCUT2D eigenvalue weighted by Gasteiger charge is 2.17. The van der Waals surface area contributed by atoms with Gasteiger partial charge in [-0.05, 0) is 73.7 Å². The van der Waals surface area contributed by atoms with E-state index in [2.05, 4.69) is 39.1 Å². The molecule has 36 heavy (non-hydrogen) atoms. The predicted octanol–water partition coefficient (Wildman–Crippen LogP) is 6.11. The molecule has 1 saturated carbocycles. The van der Waals surface area contributed by atoms with Gasteiger partial charge in [-0.15, -0.1) is 0 Å². The monoisotopic (exact) mass is 501 g/mol. The fraction of sp³-hybridized carbons (Fsp3) is 0.321. The zero-order chi connectivity index (χ0) is 25.1. The second-order valence-electron chi connectivity index (χ2n) is 9.35. The van der Waals surface area contributed by atoms with Crippen molar-refractivity contribution in [3.8, 4) is 11.1 Å². The zero-order valence-corrected chi connectivity index (χ0v) is 21.5. The standard InChI is InChI=1S/C28H31N5O2S/c1-3-20-16-21(17-22-18-29-28(32-27(20)22)31-23-10-6-4-7-11-23)25-14-15-26(30-19(25)2)33-36(34,35)24-12-8-5-9-13-24/h5,8-9,12-18,23H,3-4,6-7,10-11H2,1-2H3,(H,30,33)(H,29,31,32). The van der Waals surface area contributed by atoms with Gasteiger partial charge in [0.25, 0.3) is 10.0 Å². The average molecular weight is 502 g/mol. The van der Waals surface area contributed by atoms with Crippen LogP contribution in [0.3, 0.4) is 0 Å². The van der Waals surface area contributed by atoms with E-state index in [1.54, 1.807) is 36.4 Å². The Bertz CT molecular complexity index is 1480. The van der Waals surface area contributed by atoms with Crippen LogP contribution < -0.4 is 10.0 Å². The quantitative estimate of drug-likeness (QED) is 0.317. The van der Waals surface area contributed by atoms with Crippen LogP contribution >= 0.6 is 0 Å². The van der Waals surface area contributed by atoms with E-state index in [-0.39, 0.29) is 4.90 Å². The number of nitrogens with one attached hydrogen (secondary N) is 2. The lowest BCUT2D eigenvalue weighted by Gasteiger charge is -2.22. The third-order valence-electron chi connectivity index (χ3n) is 6.77. The fourth-order valence-electron chi connectivity index (χ4n) is 4.86. The Morgan fingerprint density at radius 3 is 2.47 bits per heavy atom. The number of rotatable bonds is 7. The Balaban J connectivity index is 1.42. The van der Waals surface area contributed by atoms with Gasteiger partial charge in [0.15, 0.2) is 0 Å². The molecule has 4 aromatic rings. The minimum atomic E-state index is -3.70. The van der Waals surface area contributed by atoms with Crippen molar-refractivity contribution in [3.63, 3.8) is 0 Å². The molecule has 0 aliphatic heterocycles. The van der Waals surface area contributed by atoms with Gasteiger partial charge in [-0.2, -0.15) is 0 Å². The smallest absolute Gasteiger partial charge is 0.263 e. The molecule has 1 aliphatic rings. The first-order chi connectivity index (χ1) is 17.4. The molecule has 0 amide bonds. The first-order valence-electron chi connectivity index (χ1n) is 12.5. The molecule has 1 fully saturated rings. The summed E-state index contributed by atoms with van der Waals surface area (Å²) in [7, 11) is -3.70. The van der Waals surface area contributed by atoms with E-state index in [0.717, 1.165) is 39.7 Å². The van der Waals surface area contributed by atoms with Crippen molar-refractivity contribution in [2.75, 3.05) is 10.0 Å². The van der Waals surface area contributed by atoms with Crippen molar-refractivity contribution in [2.45, 2.75) is 63.3 Å². The molecule has 0 bridgehead atoms. The SMILES string of the molecule is CCc1cc(-c2ccc(NS(=O)(=O)c3ccccc3)nc2C)cc2cnc(NC3CCCCC3)nc12. The van der Waals surface area contributed by atoms with Crippen LogP contribution in [0.1, 0.15) is 50.3 Å². The maximum absolute atomic E-state index is 12.7. The topological polar surface area (TPSA) is 96.9 Å². The molecule has 0 unspecified atom stereocenters. The molecular weight excluding hydrogens is 470 g/mol. The fourth-order valence-corrected chi connectivity index (χ4v) is 5.88. The molecule has 2 aromatic carbocycles. The number of aryl methyl sites for hydroxylation is 2. The third-order valence-corrected chi connectivity index (χ3v) is 8.14. The molecule has 2 aromatic heterocycles. The molecule has 0 spiro atoms. The van der Waals surface area contributed by atoms with E-state index in [1.165, 1.54) is 32.1 Å². The Morgan fingerprint density at radius 1 is 0.972 bits per heavy atom. The highest BCUT2D eigenvalue weighted by Crippen LogP contribution is 2.30. The number of nitrogens with zero attached hydrogens (tertiary/aromatic N) is 3. The summed E-state index contributed by atoms with van der Waals surface area (Å²) in [4.78, 5) is 14.2. The first kappa shape index (κ1) is 24.2. The normalized spacial score (nSPS) is 14.6. The summed E-state index contributed by atoms with van der Waals surface area (Å²) < 4.78 is 27.9. The molecule has 7 nitrogen and oxygen atoms in total. The Kier molecular flexibility index (Phi) is 6.87. The van der Waals surface area contributed by atoms with Crippen molar-refractivity contribution in [1.82, 2.24) is 15.0 Å². The van der Waals surface area contributed by atoms with Crippen molar-refractivity contribution in [2.24, 2.45) is 0 Å². The highest BCUT2D eigenvalue weighted by molar-refractivity contribution is 7.92. The largest absolute Gasteiger partial charge is 0.351 e. The van der Waals surface area contributed by atoms with Gasteiger partial charge in [0.05, 0.1) is 10.4 Å². The summed E-state index contributed by atoms with van der Waals surface area (Å²) in [6, 6.07) is 16.6. The van der Waals surface area contributed by atoms with Crippen LogP contribution in [0, 0.1) is 6.92 Å². The van der Waals surface area contributed by atoms with Crippen LogP contribution in [0.2, 0.25) is 0 Å². The minimum absolute atomic E-state index is 0.202. The minimum Gasteiger partial charge on any atom is -0.351 e. The molecular formula is C28H31N5O2S. The van der Waals surface area contributed by atoms with E-state index in [4.69, 9.17) is 4.98 Å². The van der Waals surface area contributed by atoms with E-state index in [9.17, 15) is 8.42 Å². The van der Waals surface area contributed by atoms with Gasteiger partial charge >= 0.3 is 0 Å². The van der Waals surface area contributed by atoms with Gasteiger partial charge in [0.2, 0.25) is 5.95 Å². The van der Waals surface area contributed by atoms with Crippen LogP contribution in [0.4, 0.5) is 11.8 Å². The lowest BCUT2D eigenvalue weighted by Crippen LogP contribution is -2.23. The lowest BCUT2D eigenvalue weighted by molar-refractivity contribution is 0.461. The van der Waals surface area contributed by atoms with Crippen LogP contribution in [0.25, 0.3) is 22.0 Å². The van der Waals surface area contributed by atoms with Gasteiger partial charge in [-0.25, -0.2) is 23.4 Å². The van der Waals surface area contributed by atoms with Crippen molar-refractivity contribution in [3.05, 3.63) is 72.1 Å². The van der Waals surface area contributed by atoms with Crippen LogP contribution in [0.5, 0.6) is 0 Å². The molecule has 0 saturated heterocycles. The number of sulfonamides is 1. The van der Waals surface area contributed by atoms with E-state index < -0.39 is 10.0 Å². The molecule has 1 aliphatic carbocycles. The number of benzene rings is 2. The maximum atomic E-state index is 12.7. The summed E-state index contributed by atoms with van der Waals surface area (Å²) in [5.74, 6) is 0.989. The van der Waals surface area contributed by atoms with Crippen LogP contribution in [0.15, 0.2) is 65.7 Å². The van der Waals surface area contributed by atoms with Crippen molar-refractivity contribution in [1.29, 1.82) is 0 Å². The number of anilines is 2. The molecule has 2 heterocycles. The molecule has 186 valence electrons. The summed E-state index contributed by atoms with van der Waals surface area (Å²) in [5.41, 5.74) is 4.80. The number of fused-ring (bicyclic) bond motifs is 1. The van der Waals surface area contributed by atoms with Crippen molar-refractivity contribution < 1.29 is 8.42 Å². The summed E-state index contributed by atoms with van der Waals surface area (Å²) >= 11 is 0. The first-order valence-corrected chi connectivity index (χ1v) is 14.0. The van der Waals surface area contributed by atoms with Crippen molar-refractivity contribution >= 4 is 32.7 Å². The van der Waals surface area contributed by atoms with Crippen LogP contribution in [-0.4, -0.2) is 29.4 Å². The summed E-state index contributed by atoms with van der Waals surface area (Å²) in [6.45, 7) is 4.01. The predicted molar refractivity (Wildman–Crippen MR) is 145 cm³/mol. The molecule has 5 rings (SSSR count). The molecule has 0 atom stereocenters. The number of pyridine rings is 1. The number of aromatic nitrogens is 3. The Hall–Kier alpha value is -3.52. The van der Waals surface area contributed by atoms with Gasteiger partial charge in [0, 0.05) is 28.9 Å². The van der Waals surface area contributed by atoms with E-state index in [1.807, 2.05) is 19.2 Å². The molecule has 0 radical (unpaired) electrons. The van der Waals surface area contributed by atoms with E-state index in [0.29, 0.717) is 17.8 Å². The Morgan fingerprint density at radius 2 is 1.75 bits per heavy atom. The van der Waals surface area contributed by atoms with Gasteiger partial charge in [-0.1, -0.05) is 44.4 Å². The maximum Gasteiger partial charge on any atom is 0.263 e. The average Bonchev–Trinajstić information content (AvgIpc) is 2.89. The van der Waals surface area contributed by atoms with Crippen LogP contribution in [-0.2, 0) is 16.4 Å². The highest BCUT2D eigenvalue weighted by atomic mass is 32.2. The van der Waals surface area contributed by atoms with Gasteiger partial charge < -0.3 is 5.32 Å². The second kappa shape index (κ2) is 10.2. The lowest BCUT2D eigenvalue weighted by atomic mass is 9.96. The Labute approximate surface area is 212 Å². The molecule has 2 N–H and O–H groups in total. The second-order valence-corrected chi connectivity index (χ2v) is 11.0. The number of hydrogen-bond donors (Lipinski definition) is 2. The summed E-state index contributed by atoms with van der Waals surface area (Å²) in [6.07, 6.45) is 8.90. The van der Waals surface area contributed by atoms with Gasteiger partial charge in [0.1, 0.15) is 5.82 Å². The summed E-state index contributed by atoms with van der Waals surface area (Å²) in [5, 5.41) is 4.51. The third kappa shape index (κ3) is 5.18. The number of hydrogen-bond acceptors (Lipinski definition) is 6. The molecule has 8 heteroatoms.